The Hall–Kier alpha value is -2.73. The van der Waals surface area contributed by atoms with Crippen molar-refractivity contribution < 1.29 is 9.90 Å². The fourth-order valence-electron chi connectivity index (χ4n) is 5.13. The molecule has 1 aliphatic heterocycles. The van der Waals surface area contributed by atoms with Crippen LogP contribution in [0.1, 0.15) is 48.0 Å². The number of carbonyl (C=O) groups is 1. The van der Waals surface area contributed by atoms with Gasteiger partial charge < -0.3 is 10.0 Å². The summed E-state index contributed by atoms with van der Waals surface area (Å²) in [6.45, 7) is 0.559. The summed E-state index contributed by atoms with van der Waals surface area (Å²) in [6, 6.07) is 13.6. The quantitative estimate of drug-likeness (QED) is 0.746. The lowest BCUT2D eigenvalue weighted by atomic mass is 9.66. The first-order valence-corrected chi connectivity index (χ1v) is 10.0. The number of likely N-dealkylation sites (tertiary alicyclic amines) is 1. The summed E-state index contributed by atoms with van der Waals surface area (Å²) < 4.78 is 1.66. The van der Waals surface area contributed by atoms with Crippen LogP contribution >= 0.6 is 0 Å². The van der Waals surface area contributed by atoms with E-state index in [0.717, 1.165) is 31.2 Å². The fourth-order valence-corrected chi connectivity index (χ4v) is 5.13. The number of aromatic nitrogens is 3. The minimum Gasteiger partial charge on any atom is -0.385 e. The molecule has 144 valence electrons. The van der Waals surface area contributed by atoms with E-state index in [9.17, 15) is 9.90 Å². The van der Waals surface area contributed by atoms with E-state index in [-0.39, 0.29) is 17.9 Å². The molecule has 2 aliphatic rings. The van der Waals surface area contributed by atoms with E-state index in [2.05, 4.69) is 10.1 Å². The predicted molar refractivity (Wildman–Crippen MR) is 105 cm³/mol. The molecule has 1 aliphatic carbocycles. The Kier molecular flexibility index (Phi) is 4.16. The highest BCUT2D eigenvalue weighted by atomic mass is 16.3. The van der Waals surface area contributed by atoms with Gasteiger partial charge in [0.2, 0.25) is 0 Å². The molecule has 3 heterocycles. The molecule has 3 atom stereocenters. The summed E-state index contributed by atoms with van der Waals surface area (Å²) in [6.07, 6.45) is 7.92. The third-order valence-electron chi connectivity index (χ3n) is 6.54. The number of pyridine rings is 1. The van der Waals surface area contributed by atoms with Gasteiger partial charge in [-0.1, -0.05) is 43.2 Å². The van der Waals surface area contributed by atoms with Crippen molar-refractivity contribution in [1.82, 2.24) is 19.5 Å². The molecule has 2 aromatic heterocycles. The van der Waals surface area contributed by atoms with Gasteiger partial charge in [-0.2, -0.15) is 5.10 Å². The van der Waals surface area contributed by atoms with Crippen molar-refractivity contribution in [3.8, 4) is 0 Å². The van der Waals surface area contributed by atoms with Crippen LogP contribution in [0.25, 0.3) is 5.65 Å². The first-order chi connectivity index (χ1) is 13.7. The van der Waals surface area contributed by atoms with E-state index in [1.807, 2.05) is 35.2 Å². The van der Waals surface area contributed by atoms with Crippen LogP contribution in [0.5, 0.6) is 0 Å². The van der Waals surface area contributed by atoms with E-state index in [1.54, 1.807) is 22.8 Å². The van der Waals surface area contributed by atoms with Gasteiger partial charge >= 0.3 is 0 Å². The molecule has 0 bridgehead atoms. The first-order valence-electron chi connectivity index (χ1n) is 10.0. The average molecular weight is 376 g/mol. The van der Waals surface area contributed by atoms with Crippen LogP contribution in [0.3, 0.4) is 0 Å². The molecular formula is C22H24N4O2. The summed E-state index contributed by atoms with van der Waals surface area (Å²) in [5.74, 6) is 0.0932. The number of aliphatic hydroxyl groups is 1. The maximum atomic E-state index is 13.4. The Bertz CT molecular complexity index is 1000. The van der Waals surface area contributed by atoms with Gasteiger partial charge in [0.25, 0.3) is 5.91 Å². The lowest BCUT2D eigenvalue weighted by Crippen LogP contribution is -2.59. The van der Waals surface area contributed by atoms with Crippen molar-refractivity contribution in [1.29, 1.82) is 0 Å². The Morgan fingerprint density at radius 1 is 1.14 bits per heavy atom. The Labute approximate surface area is 163 Å². The molecular weight excluding hydrogens is 352 g/mol. The van der Waals surface area contributed by atoms with Gasteiger partial charge in [0.15, 0.2) is 5.65 Å². The molecule has 0 radical (unpaired) electrons. The van der Waals surface area contributed by atoms with Crippen LogP contribution in [-0.4, -0.2) is 43.1 Å². The van der Waals surface area contributed by atoms with Gasteiger partial charge in [0, 0.05) is 30.3 Å². The predicted octanol–water partition coefficient (Wildman–Crippen LogP) is 3.02. The third-order valence-corrected chi connectivity index (χ3v) is 6.54. The van der Waals surface area contributed by atoms with Crippen LogP contribution in [0.15, 0.2) is 55.0 Å². The van der Waals surface area contributed by atoms with Crippen LogP contribution in [-0.2, 0) is 5.60 Å². The average Bonchev–Trinajstić information content (AvgIpc) is 3.22. The number of nitrogens with zero attached hydrogens (tertiary/aromatic N) is 4. The maximum absolute atomic E-state index is 13.4. The molecule has 6 heteroatoms. The molecule has 5 rings (SSSR count). The summed E-state index contributed by atoms with van der Waals surface area (Å²) >= 11 is 0. The van der Waals surface area contributed by atoms with Gasteiger partial charge in [-0.05, 0) is 37.0 Å². The molecule has 1 saturated heterocycles. The highest BCUT2D eigenvalue weighted by Gasteiger charge is 2.50. The van der Waals surface area contributed by atoms with E-state index in [1.165, 1.54) is 6.33 Å². The molecule has 28 heavy (non-hydrogen) atoms. The summed E-state index contributed by atoms with van der Waals surface area (Å²) in [7, 11) is 0. The van der Waals surface area contributed by atoms with Crippen molar-refractivity contribution >= 4 is 11.6 Å². The largest absolute Gasteiger partial charge is 0.385 e. The number of benzene rings is 1. The van der Waals surface area contributed by atoms with Gasteiger partial charge in [0.1, 0.15) is 6.33 Å². The van der Waals surface area contributed by atoms with Crippen molar-refractivity contribution in [2.24, 2.45) is 5.92 Å². The second-order valence-corrected chi connectivity index (χ2v) is 7.98. The molecule has 1 amide bonds. The minimum atomic E-state index is -0.861. The number of hydrogen-bond acceptors (Lipinski definition) is 4. The zero-order valence-corrected chi connectivity index (χ0v) is 15.7. The number of fused-ring (bicyclic) bond motifs is 2. The molecule has 1 N–H and O–H groups in total. The number of rotatable bonds is 2. The standard InChI is InChI=1S/C22H24N4O2/c27-21(16-10-12-26-20(14-16)23-15-24-26)25-13-11-22(28,17-6-2-1-3-7-17)18-8-4-5-9-19(18)25/h1-3,6-7,10,12,14-15,18-19,28H,4-5,8-9,11,13H2/t18-,19+,22+/m0/s1. The van der Waals surface area contributed by atoms with Crippen molar-refractivity contribution in [3.63, 3.8) is 0 Å². The Balaban J connectivity index is 1.47. The van der Waals surface area contributed by atoms with Crippen molar-refractivity contribution in [2.45, 2.75) is 43.7 Å². The maximum Gasteiger partial charge on any atom is 0.254 e. The van der Waals surface area contributed by atoms with E-state index < -0.39 is 5.60 Å². The SMILES string of the molecule is O=C(c1ccn2ncnc2c1)N1CC[C@@](O)(c2ccccc2)[C@H]2CCCC[C@H]21. The van der Waals surface area contributed by atoms with E-state index in [4.69, 9.17) is 0 Å². The number of hydrogen-bond donors (Lipinski definition) is 1. The normalized spacial score (nSPS) is 27.5. The molecule has 0 unspecified atom stereocenters. The van der Waals surface area contributed by atoms with Crippen LogP contribution in [0.4, 0.5) is 0 Å². The molecule has 1 aromatic carbocycles. The monoisotopic (exact) mass is 376 g/mol. The van der Waals surface area contributed by atoms with Gasteiger partial charge in [-0.3, -0.25) is 4.79 Å². The number of carbonyl (C=O) groups excluding carboxylic acids is 1. The van der Waals surface area contributed by atoms with Gasteiger partial charge in [-0.15, -0.1) is 0 Å². The summed E-state index contributed by atoms with van der Waals surface area (Å²) in [5.41, 5.74) is 1.42. The number of amides is 1. The lowest BCUT2D eigenvalue weighted by Gasteiger charge is -2.52. The molecule has 3 aromatic rings. The molecule has 1 saturated carbocycles. The molecule has 0 spiro atoms. The molecule has 6 nitrogen and oxygen atoms in total. The lowest BCUT2D eigenvalue weighted by molar-refractivity contribution is -0.110. The highest BCUT2D eigenvalue weighted by Crippen LogP contribution is 2.47. The van der Waals surface area contributed by atoms with Crippen molar-refractivity contribution in [2.75, 3.05) is 6.54 Å². The Morgan fingerprint density at radius 2 is 1.96 bits per heavy atom. The van der Waals surface area contributed by atoms with E-state index in [0.29, 0.717) is 24.2 Å². The smallest absolute Gasteiger partial charge is 0.254 e. The summed E-state index contributed by atoms with van der Waals surface area (Å²) in [4.78, 5) is 19.5. The van der Waals surface area contributed by atoms with Gasteiger partial charge in [-0.25, -0.2) is 9.50 Å². The zero-order valence-electron chi connectivity index (χ0n) is 15.7. The van der Waals surface area contributed by atoms with Crippen LogP contribution < -0.4 is 0 Å². The molecule has 2 fully saturated rings. The fraction of sp³-hybridized carbons (Fsp3) is 0.409. The zero-order chi connectivity index (χ0) is 19.1. The second-order valence-electron chi connectivity index (χ2n) is 7.98. The topological polar surface area (TPSA) is 70.7 Å². The second kappa shape index (κ2) is 6.71. The third kappa shape index (κ3) is 2.71. The van der Waals surface area contributed by atoms with E-state index >= 15 is 0 Å². The minimum absolute atomic E-state index is 0.0255. The highest BCUT2D eigenvalue weighted by molar-refractivity contribution is 5.95. The first kappa shape index (κ1) is 17.4. The van der Waals surface area contributed by atoms with Crippen LogP contribution in [0, 0.1) is 5.92 Å². The number of piperidine rings is 1. The van der Waals surface area contributed by atoms with Crippen LogP contribution in [0.2, 0.25) is 0 Å². The van der Waals surface area contributed by atoms with Gasteiger partial charge in [0.05, 0.1) is 5.60 Å². The Morgan fingerprint density at radius 3 is 2.82 bits per heavy atom. The summed E-state index contributed by atoms with van der Waals surface area (Å²) in [5, 5.41) is 15.8. The van der Waals surface area contributed by atoms with Crippen molar-refractivity contribution in [3.05, 3.63) is 66.1 Å².